The minimum Gasteiger partial charge on any atom is -0.477 e. The Morgan fingerprint density at radius 1 is 1.38 bits per heavy atom. The summed E-state index contributed by atoms with van der Waals surface area (Å²) in [6.07, 6.45) is 1.47. The van der Waals surface area contributed by atoms with E-state index in [0.29, 0.717) is 0 Å². The standard InChI is InChI=1S/C14H10FN3O3/c15-11-4-3-10(6-9(11)7-16)17-13(19)8-18-5-1-2-12(18)14(20)21/h1-6H,8H2,(H,17,19)(H,20,21). The number of carboxylic acids is 1. The topological polar surface area (TPSA) is 95.1 Å². The van der Waals surface area contributed by atoms with E-state index in [1.165, 1.54) is 35.0 Å². The van der Waals surface area contributed by atoms with Crippen LogP contribution in [0.3, 0.4) is 0 Å². The number of nitrogens with zero attached hydrogens (tertiary/aromatic N) is 2. The smallest absolute Gasteiger partial charge is 0.352 e. The summed E-state index contributed by atoms with van der Waals surface area (Å²) >= 11 is 0. The van der Waals surface area contributed by atoms with Crippen LogP contribution in [-0.4, -0.2) is 21.6 Å². The Balaban J connectivity index is 2.10. The number of hydrogen-bond donors (Lipinski definition) is 2. The molecule has 0 aliphatic heterocycles. The molecule has 0 aliphatic carbocycles. The number of benzene rings is 1. The van der Waals surface area contributed by atoms with E-state index in [4.69, 9.17) is 10.4 Å². The van der Waals surface area contributed by atoms with E-state index in [1.807, 2.05) is 0 Å². The van der Waals surface area contributed by atoms with Crippen LogP contribution in [0.15, 0.2) is 36.5 Å². The SMILES string of the molecule is N#Cc1cc(NC(=O)Cn2cccc2C(=O)O)ccc1F. The zero-order valence-corrected chi connectivity index (χ0v) is 10.7. The number of halogens is 1. The molecule has 1 aromatic carbocycles. The Kier molecular flexibility index (Phi) is 4.00. The van der Waals surface area contributed by atoms with Gasteiger partial charge in [0.05, 0.1) is 5.56 Å². The lowest BCUT2D eigenvalue weighted by atomic mass is 10.2. The van der Waals surface area contributed by atoms with Gasteiger partial charge in [-0.2, -0.15) is 5.26 Å². The average Bonchev–Trinajstić information content (AvgIpc) is 2.89. The van der Waals surface area contributed by atoms with Crippen LogP contribution in [0.4, 0.5) is 10.1 Å². The van der Waals surface area contributed by atoms with Crippen LogP contribution in [0.2, 0.25) is 0 Å². The highest BCUT2D eigenvalue weighted by Gasteiger charge is 2.12. The molecule has 0 bridgehead atoms. The Labute approximate surface area is 119 Å². The Hall–Kier alpha value is -3.14. The van der Waals surface area contributed by atoms with Gasteiger partial charge in [-0.3, -0.25) is 4.79 Å². The lowest BCUT2D eigenvalue weighted by molar-refractivity contribution is -0.116. The summed E-state index contributed by atoms with van der Waals surface area (Å²) < 4.78 is 14.4. The fraction of sp³-hybridized carbons (Fsp3) is 0.0714. The van der Waals surface area contributed by atoms with E-state index in [9.17, 15) is 14.0 Å². The van der Waals surface area contributed by atoms with Gasteiger partial charge in [0.15, 0.2) is 0 Å². The molecule has 1 aromatic heterocycles. The van der Waals surface area contributed by atoms with Crippen LogP contribution >= 0.6 is 0 Å². The molecule has 0 unspecified atom stereocenters. The highest BCUT2D eigenvalue weighted by atomic mass is 19.1. The molecule has 7 heteroatoms. The molecule has 0 spiro atoms. The number of aromatic nitrogens is 1. The van der Waals surface area contributed by atoms with Crippen molar-refractivity contribution in [3.05, 3.63) is 53.6 Å². The summed E-state index contributed by atoms with van der Waals surface area (Å²) in [5.41, 5.74) is 0.0731. The van der Waals surface area contributed by atoms with Gasteiger partial charge in [-0.25, -0.2) is 9.18 Å². The molecule has 0 fully saturated rings. The monoisotopic (exact) mass is 287 g/mol. The highest BCUT2D eigenvalue weighted by Crippen LogP contribution is 2.14. The molecule has 2 N–H and O–H groups in total. The van der Waals surface area contributed by atoms with Gasteiger partial charge < -0.3 is 15.0 Å². The predicted molar refractivity (Wildman–Crippen MR) is 71.1 cm³/mol. The summed E-state index contributed by atoms with van der Waals surface area (Å²) in [6.45, 7) is -0.200. The molecule has 2 rings (SSSR count). The zero-order valence-electron chi connectivity index (χ0n) is 10.7. The number of hydrogen-bond acceptors (Lipinski definition) is 3. The number of carboxylic acid groups (broad SMARTS) is 1. The maximum atomic E-state index is 13.1. The van der Waals surface area contributed by atoms with Crippen molar-refractivity contribution < 1.29 is 19.1 Å². The number of carbonyl (C=O) groups is 2. The molecular formula is C14H10FN3O3. The van der Waals surface area contributed by atoms with Crippen LogP contribution < -0.4 is 5.32 Å². The Bertz CT molecular complexity index is 746. The first-order valence-electron chi connectivity index (χ1n) is 5.89. The first-order chi connectivity index (χ1) is 10.0. The minimum absolute atomic E-state index is 0.0121. The lowest BCUT2D eigenvalue weighted by Gasteiger charge is -2.08. The number of nitrogens with one attached hydrogen (secondary N) is 1. The van der Waals surface area contributed by atoms with Crippen molar-refractivity contribution in [2.24, 2.45) is 0 Å². The van der Waals surface area contributed by atoms with Gasteiger partial charge >= 0.3 is 5.97 Å². The number of amides is 1. The van der Waals surface area contributed by atoms with Crippen LogP contribution in [0.25, 0.3) is 0 Å². The predicted octanol–water partition coefficient (Wildman–Crippen LogP) is 1.84. The molecular weight excluding hydrogens is 277 g/mol. The van der Waals surface area contributed by atoms with Crippen LogP contribution in [0.5, 0.6) is 0 Å². The second kappa shape index (κ2) is 5.88. The van der Waals surface area contributed by atoms with Gasteiger partial charge in [-0.05, 0) is 30.3 Å². The van der Waals surface area contributed by atoms with Gasteiger partial charge in [0, 0.05) is 11.9 Å². The van der Waals surface area contributed by atoms with Crippen molar-refractivity contribution in [1.29, 1.82) is 5.26 Å². The second-order valence-electron chi connectivity index (χ2n) is 4.18. The molecule has 0 radical (unpaired) electrons. The van der Waals surface area contributed by atoms with Crippen molar-refractivity contribution in [3.63, 3.8) is 0 Å². The lowest BCUT2D eigenvalue weighted by Crippen LogP contribution is -2.20. The van der Waals surface area contributed by atoms with Crippen LogP contribution in [-0.2, 0) is 11.3 Å². The summed E-state index contributed by atoms with van der Waals surface area (Å²) in [4.78, 5) is 22.8. The molecule has 6 nitrogen and oxygen atoms in total. The van der Waals surface area contributed by atoms with E-state index in [-0.39, 0.29) is 23.5 Å². The van der Waals surface area contributed by atoms with Gasteiger partial charge in [0.2, 0.25) is 5.91 Å². The van der Waals surface area contributed by atoms with Crippen molar-refractivity contribution in [2.45, 2.75) is 6.54 Å². The quantitative estimate of drug-likeness (QED) is 0.896. The number of anilines is 1. The average molecular weight is 287 g/mol. The summed E-state index contributed by atoms with van der Waals surface area (Å²) in [6, 6.07) is 8.17. The Morgan fingerprint density at radius 3 is 2.81 bits per heavy atom. The van der Waals surface area contributed by atoms with E-state index in [0.717, 1.165) is 6.07 Å². The van der Waals surface area contributed by atoms with Gasteiger partial charge in [-0.1, -0.05) is 0 Å². The molecule has 2 aromatic rings. The molecule has 0 saturated heterocycles. The normalized spacial score (nSPS) is 9.90. The van der Waals surface area contributed by atoms with Crippen molar-refractivity contribution >= 4 is 17.6 Å². The van der Waals surface area contributed by atoms with Gasteiger partial charge in [0.1, 0.15) is 24.1 Å². The number of rotatable bonds is 4. The van der Waals surface area contributed by atoms with E-state index in [2.05, 4.69) is 5.32 Å². The minimum atomic E-state index is -1.14. The summed E-state index contributed by atoms with van der Waals surface area (Å²) in [5.74, 6) is -2.29. The summed E-state index contributed by atoms with van der Waals surface area (Å²) in [5, 5.41) is 20.1. The summed E-state index contributed by atoms with van der Waals surface area (Å²) in [7, 11) is 0. The third-order valence-corrected chi connectivity index (χ3v) is 2.73. The Morgan fingerprint density at radius 2 is 2.14 bits per heavy atom. The van der Waals surface area contributed by atoms with Crippen molar-refractivity contribution in [1.82, 2.24) is 4.57 Å². The molecule has 1 amide bonds. The second-order valence-corrected chi connectivity index (χ2v) is 4.18. The fourth-order valence-electron chi connectivity index (χ4n) is 1.79. The molecule has 1 heterocycles. The first kappa shape index (κ1) is 14.3. The number of nitriles is 1. The molecule has 106 valence electrons. The number of carbonyl (C=O) groups excluding carboxylic acids is 1. The number of aromatic carboxylic acids is 1. The van der Waals surface area contributed by atoms with Gasteiger partial charge in [-0.15, -0.1) is 0 Å². The van der Waals surface area contributed by atoms with Crippen molar-refractivity contribution in [3.8, 4) is 6.07 Å². The zero-order chi connectivity index (χ0) is 15.4. The fourth-order valence-corrected chi connectivity index (χ4v) is 1.79. The molecule has 0 saturated carbocycles. The molecule has 21 heavy (non-hydrogen) atoms. The van der Waals surface area contributed by atoms with E-state index < -0.39 is 17.7 Å². The van der Waals surface area contributed by atoms with E-state index in [1.54, 1.807) is 6.07 Å². The van der Waals surface area contributed by atoms with E-state index >= 15 is 0 Å². The first-order valence-corrected chi connectivity index (χ1v) is 5.89. The van der Waals surface area contributed by atoms with Crippen molar-refractivity contribution in [2.75, 3.05) is 5.32 Å². The van der Waals surface area contributed by atoms with Gasteiger partial charge in [0.25, 0.3) is 0 Å². The van der Waals surface area contributed by atoms with Crippen LogP contribution in [0, 0.1) is 17.1 Å². The third-order valence-electron chi connectivity index (χ3n) is 2.73. The maximum absolute atomic E-state index is 13.1. The molecule has 0 atom stereocenters. The molecule has 0 aliphatic rings. The largest absolute Gasteiger partial charge is 0.477 e. The van der Waals surface area contributed by atoms with Crippen LogP contribution in [0.1, 0.15) is 16.1 Å². The third kappa shape index (κ3) is 3.25. The maximum Gasteiger partial charge on any atom is 0.352 e. The highest BCUT2D eigenvalue weighted by molar-refractivity contribution is 5.92.